The van der Waals surface area contributed by atoms with Gasteiger partial charge in [-0.15, -0.1) is 0 Å². The molecule has 0 aliphatic carbocycles. The maximum Gasteiger partial charge on any atom is 0.402 e. The van der Waals surface area contributed by atoms with Gasteiger partial charge in [-0.05, 0) is 37.3 Å². The lowest BCUT2D eigenvalue weighted by Gasteiger charge is -2.19. The number of sulfonamides is 1. The first-order valence-electron chi connectivity index (χ1n) is 9.52. The van der Waals surface area contributed by atoms with Gasteiger partial charge in [0.2, 0.25) is 10.0 Å². The molecule has 2 aromatic rings. The lowest BCUT2D eigenvalue weighted by Crippen LogP contribution is -2.34. The van der Waals surface area contributed by atoms with Crippen LogP contribution in [0.25, 0.3) is 0 Å². The Morgan fingerprint density at radius 2 is 1.79 bits per heavy atom. The highest BCUT2D eigenvalue weighted by Crippen LogP contribution is 2.32. The van der Waals surface area contributed by atoms with Crippen molar-refractivity contribution < 1.29 is 45.4 Å². The maximum absolute atomic E-state index is 12.4. The van der Waals surface area contributed by atoms with E-state index in [1.807, 2.05) is 0 Å². The van der Waals surface area contributed by atoms with Gasteiger partial charge in [0.1, 0.15) is 19.8 Å². The number of ether oxygens (including phenoxy) is 3. The standard InChI is InChI=1S/C20H19F3N2O7S/c1-12(18(26)25-14-5-6-16-17(10-14)31-8-7-30-16)32-19(27)13-3-2-4-15(9-13)33(28,29)24-11-20(21,22)23/h2-6,9-10,12,24H,7-8,11H2,1H3,(H,25,26). The molecule has 1 aliphatic heterocycles. The number of fused-ring (bicyclic) bond motifs is 1. The van der Waals surface area contributed by atoms with Crippen molar-refractivity contribution in [2.75, 3.05) is 25.1 Å². The smallest absolute Gasteiger partial charge is 0.402 e. The second-order valence-electron chi connectivity index (χ2n) is 6.86. The largest absolute Gasteiger partial charge is 0.486 e. The third kappa shape index (κ3) is 6.58. The number of halogens is 3. The number of carbonyl (C=O) groups excluding carboxylic acids is 2. The molecule has 0 saturated heterocycles. The maximum atomic E-state index is 12.4. The molecule has 1 atom stereocenters. The summed E-state index contributed by atoms with van der Waals surface area (Å²) in [5.41, 5.74) is 0.111. The minimum atomic E-state index is -4.75. The molecule has 2 N–H and O–H groups in total. The summed E-state index contributed by atoms with van der Waals surface area (Å²) in [6, 6.07) is 8.97. The van der Waals surface area contributed by atoms with E-state index in [0.29, 0.717) is 30.4 Å². The molecule has 3 rings (SSSR count). The molecule has 0 saturated carbocycles. The summed E-state index contributed by atoms with van der Waals surface area (Å²) < 4.78 is 78.3. The molecule has 0 bridgehead atoms. The van der Waals surface area contributed by atoms with Crippen molar-refractivity contribution in [1.29, 1.82) is 0 Å². The predicted molar refractivity (Wildman–Crippen MR) is 109 cm³/mol. The van der Waals surface area contributed by atoms with Crippen LogP contribution in [0.3, 0.4) is 0 Å². The lowest BCUT2D eigenvalue weighted by molar-refractivity contribution is -0.124. The van der Waals surface area contributed by atoms with E-state index in [2.05, 4.69) is 5.32 Å². The van der Waals surface area contributed by atoms with E-state index in [9.17, 15) is 31.2 Å². The van der Waals surface area contributed by atoms with Gasteiger partial charge >= 0.3 is 12.1 Å². The number of amides is 1. The molecule has 2 aromatic carbocycles. The molecule has 1 aliphatic rings. The highest BCUT2D eigenvalue weighted by Gasteiger charge is 2.30. The third-order valence-corrected chi connectivity index (χ3v) is 5.70. The summed E-state index contributed by atoms with van der Waals surface area (Å²) in [4.78, 5) is 24.2. The normalized spacial score (nSPS) is 14.3. The van der Waals surface area contributed by atoms with E-state index in [1.54, 1.807) is 18.2 Å². The van der Waals surface area contributed by atoms with Crippen LogP contribution in [0.2, 0.25) is 0 Å². The third-order valence-electron chi connectivity index (χ3n) is 4.31. The fraction of sp³-hybridized carbons (Fsp3) is 0.300. The number of benzene rings is 2. The van der Waals surface area contributed by atoms with Gasteiger partial charge in [-0.25, -0.2) is 17.9 Å². The van der Waals surface area contributed by atoms with Crippen LogP contribution in [0.15, 0.2) is 47.4 Å². The van der Waals surface area contributed by atoms with E-state index < -0.39 is 45.6 Å². The van der Waals surface area contributed by atoms with Gasteiger partial charge < -0.3 is 19.5 Å². The summed E-state index contributed by atoms with van der Waals surface area (Å²) in [5.74, 6) is -0.734. The first kappa shape index (κ1) is 24.3. The molecule has 0 spiro atoms. The molecule has 178 valence electrons. The first-order valence-corrected chi connectivity index (χ1v) is 11.0. The molecule has 1 amide bonds. The van der Waals surface area contributed by atoms with E-state index in [0.717, 1.165) is 12.1 Å². The lowest BCUT2D eigenvalue weighted by atomic mass is 10.2. The second-order valence-corrected chi connectivity index (χ2v) is 8.63. The average molecular weight is 488 g/mol. The Morgan fingerprint density at radius 3 is 2.48 bits per heavy atom. The minimum Gasteiger partial charge on any atom is -0.486 e. The Balaban J connectivity index is 1.63. The van der Waals surface area contributed by atoms with Crippen molar-refractivity contribution in [3.63, 3.8) is 0 Å². The summed E-state index contributed by atoms with van der Waals surface area (Å²) in [5, 5.41) is 2.55. The monoisotopic (exact) mass is 488 g/mol. The number of carbonyl (C=O) groups is 2. The molecular weight excluding hydrogens is 469 g/mol. The highest BCUT2D eigenvalue weighted by atomic mass is 32.2. The minimum absolute atomic E-state index is 0.260. The van der Waals surface area contributed by atoms with Gasteiger partial charge in [-0.3, -0.25) is 4.79 Å². The Hall–Kier alpha value is -3.32. The number of esters is 1. The van der Waals surface area contributed by atoms with Crippen molar-refractivity contribution in [3.8, 4) is 11.5 Å². The Kier molecular flexibility index (Phi) is 7.12. The van der Waals surface area contributed by atoms with Gasteiger partial charge in [0.05, 0.1) is 10.5 Å². The molecule has 9 nitrogen and oxygen atoms in total. The van der Waals surface area contributed by atoms with Gasteiger partial charge in [0, 0.05) is 11.8 Å². The Labute approximate surface area is 186 Å². The zero-order valence-electron chi connectivity index (χ0n) is 17.1. The molecule has 0 aromatic heterocycles. The van der Waals surface area contributed by atoms with Crippen LogP contribution in [-0.2, 0) is 19.6 Å². The second kappa shape index (κ2) is 9.67. The number of hydrogen-bond donors (Lipinski definition) is 2. The van der Waals surface area contributed by atoms with Crippen LogP contribution in [0.5, 0.6) is 11.5 Å². The van der Waals surface area contributed by atoms with Gasteiger partial charge in [0.15, 0.2) is 17.6 Å². The van der Waals surface area contributed by atoms with Crippen molar-refractivity contribution >= 4 is 27.6 Å². The number of hydrogen-bond acceptors (Lipinski definition) is 7. The molecule has 13 heteroatoms. The van der Waals surface area contributed by atoms with Gasteiger partial charge in [-0.1, -0.05) is 6.07 Å². The van der Waals surface area contributed by atoms with Crippen molar-refractivity contribution in [2.45, 2.75) is 24.1 Å². The molecule has 33 heavy (non-hydrogen) atoms. The topological polar surface area (TPSA) is 120 Å². The zero-order valence-corrected chi connectivity index (χ0v) is 18.0. The zero-order chi connectivity index (χ0) is 24.2. The van der Waals surface area contributed by atoms with E-state index in [-0.39, 0.29) is 5.56 Å². The van der Waals surface area contributed by atoms with Crippen molar-refractivity contribution in [3.05, 3.63) is 48.0 Å². The van der Waals surface area contributed by atoms with Crippen LogP contribution in [-0.4, -0.2) is 52.3 Å². The van der Waals surface area contributed by atoms with E-state index >= 15 is 0 Å². The first-order chi connectivity index (χ1) is 15.4. The Morgan fingerprint density at radius 1 is 1.09 bits per heavy atom. The summed E-state index contributed by atoms with van der Waals surface area (Å²) in [6.07, 6.45) is -6.02. The van der Waals surface area contributed by atoms with E-state index in [1.165, 1.54) is 23.8 Å². The number of nitrogens with one attached hydrogen (secondary N) is 2. The number of alkyl halides is 3. The molecule has 0 fully saturated rings. The molecular formula is C20H19F3N2O7S. The van der Waals surface area contributed by atoms with Crippen LogP contribution in [0.4, 0.5) is 18.9 Å². The van der Waals surface area contributed by atoms with E-state index in [4.69, 9.17) is 14.2 Å². The van der Waals surface area contributed by atoms with Crippen LogP contribution in [0.1, 0.15) is 17.3 Å². The number of rotatable bonds is 7. The van der Waals surface area contributed by atoms with Gasteiger partial charge in [0.25, 0.3) is 5.91 Å². The SMILES string of the molecule is CC(OC(=O)c1cccc(S(=O)(=O)NCC(F)(F)F)c1)C(=O)Nc1ccc2c(c1)OCCO2. The van der Waals surface area contributed by atoms with Crippen molar-refractivity contribution in [1.82, 2.24) is 4.72 Å². The summed E-state index contributed by atoms with van der Waals surface area (Å²) >= 11 is 0. The highest BCUT2D eigenvalue weighted by molar-refractivity contribution is 7.89. The Bertz CT molecular complexity index is 1150. The molecule has 1 unspecified atom stereocenters. The molecule has 1 heterocycles. The number of anilines is 1. The average Bonchev–Trinajstić information content (AvgIpc) is 2.77. The molecule has 0 radical (unpaired) electrons. The summed E-state index contributed by atoms with van der Waals surface area (Å²) in [6.45, 7) is 0.309. The fourth-order valence-electron chi connectivity index (χ4n) is 2.70. The fourth-order valence-corrected chi connectivity index (χ4v) is 3.76. The van der Waals surface area contributed by atoms with Gasteiger partial charge in [-0.2, -0.15) is 13.2 Å². The van der Waals surface area contributed by atoms with Crippen molar-refractivity contribution in [2.24, 2.45) is 0 Å². The van der Waals surface area contributed by atoms with Crippen LogP contribution < -0.4 is 19.5 Å². The van der Waals surface area contributed by atoms with Crippen LogP contribution in [0, 0.1) is 0 Å². The predicted octanol–water partition coefficient (Wildman–Crippen LogP) is 2.48. The summed E-state index contributed by atoms with van der Waals surface area (Å²) in [7, 11) is -4.52. The van der Waals surface area contributed by atoms with Crippen LogP contribution >= 0.6 is 0 Å². The quantitative estimate of drug-likeness (QED) is 0.575.